The molecule has 2 aromatic heterocycles. The Morgan fingerprint density at radius 2 is 2.09 bits per heavy atom. The molecule has 23 heavy (non-hydrogen) atoms. The van der Waals surface area contributed by atoms with Crippen molar-refractivity contribution in [2.24, 2.45) is 0 Å². The summed E-state index contributed by atoms with van der Waals surface area (Å²) in [6.07, 6.45) is 7.17. The molecule has 116 valence electrons. The maximum absolute atomic E-state index is 10.6. The van der Waals surface area contributed by atoms with Crippen molar-refractivity contribution < 1.29 is 9.45 Å². The van der Waals surface area contributed by atoms with E-state index in [0.717, 1.165) is 12.1 Å². The normalized spacial score (nSPS) is 11.2. The molecule has 0 bridgehead atoms. The second-order valence-corrected chi connectivity index (χ2v) is 4.72. The molecule has 8 heteroatoms. The van der Waals surface area contributed by atoms with Crippen molar-refractivity contribution in [3.8, 4) is 11.4 Å². The van der Waals surface area contributed by atoms with Crippen molar-refractivity contribution in [3.63, 3.8) is 0 Å². The SMILES string of the molecule is CCn1cc(/C=C/c2nc(-c3ccc([N+](=O)[O-])cc3)no2)cn1. The third-order valence-corrected chi connectivity index (χ3v) is 3.17. The van der Waals surface area contributed by atoms with E-state index in [1.165, 1.54) is 12.1 Å². The van der Waals surface area contributed by atoms with Gasteiger partial charge in [-0.25, -0.2) is 0 Å². The van der Waals surface area contributed by atoms with E-state index >= 15 is 0 Å². The van der Waals surface area contributed by atoms with Crippen LogP contribution in [0.25, 0.3) is 23.5 Å². The lowest BCUT2D eigenvalue weighted by molar-refractivity contribution is -0.384. The second-order valence-electron chi connectivity index (χ2n) is 4.72. The summed E-state index contributed by atoms with van der Waals surface area (Å²) in [5.74, 6) is 0.728. The molecule has 0 unspecified atom stereocenters. The summed E-state index contributed by atoms with van der Waals surface area (Å²) < 4.78 is 6.96. The molecule has 3 rings (SSSR count). The minimum absolute atomic E-state index is 0.0188. The molecule has 3 aromatic rings. The summed E-state index contributed by atoms with van der Waals surface area (Å²) in [5.41, 5.74) is 1.60. The average molecular weight is 311 g/mol. The smallest absolute Gasteiger partial charge is 0.269 e. The highest BCUT2D eigenvalue weighted by molar-refractivity contribution is 5.66. The van der Waals surface area contributed by atoms with Crippen LogP contribution in [0.4, 0.5) is 5.69 Å². The number of hydrogen-bond donors (Lipinski definition) is 0. The van der Waals surface area contributed by atoms with Crippen molar-refractivity contribution in [3.05, 3.63) is 58.2 Å². The Morgan fingerprint density at radius 3 is 2.74 bits per heavy atom. The number of non-ortho nitro benzene ring substituents is 1. The van der Waals surface area contributed by atoms with Crippen LogP contribution in [-0.4, -0.2) is 24.8 Å². The largest absolute Gasteiger partial charge is 0.334 e. The van der Waals surface area contributed by atoms with Crippen LogP contribution in [0.15, 0.2) is 41.2 Å². The maximum atomic E-state index is 10.6. The fraction of sp³-hybridized carbons (Fsp3) is 0.133. The van der Waals surface area contributed by atoms with Crippen LogP contribution < -0.4 is 0 Å². The highest BCUT2D eigenvalue weighted by atomic mass is 16.6. The zero-order valence-electron chi connectivity index (χ0n) is 12.3. The van der Waals surface area contributed by atoms with Gasteiger partial charge in [0.25, 0.3) is 11.6 Å². The van der Waals surface area contributed by atoms with Gasteiger partial charge in [-0.2, -0.15) is 10.1 Å². The summed E-state index contributed by atoms with van der Waals surface area (Å²) in [5, 5.41) is 18.7. The molecule has 0 atom stereocenters. The second kappa shape index (κ2) is 6.22. The fourth-order valence-electron chi connectivity index (χ4n) is 1.96. The van der Waals surface area contributed by atoms with Gasteiger partial charge in [-0.15, -0.1) is 0 Å². The van der Waals surface area contributed by atoms with E-state index in [1.54, 1.807) is 24.4 Å². The number of aromatic nitrogens is 4. The number of hydrogen-bond acceptors (Lipinski definition) is 6. The molecule has 0 N–H and O–H groups in total. The van der Waals surface area contributed by atoms with Gasteiger partial charge in [-0.1, -0.05) is 5.16 Å². The molecule has 8 nitrogen and oxygen atoms in total. The number of nitrogens with zero attached hydrogens (tertiary/aromatic N) is 5. The standard InChI is InChI=1S/C15H13N5O3/c1-2-19-10-11(9-16-19)3-8-14-17-15(18-23-14)12-4-6-13(7-5-12)20(21)22/h3-10H,2H2,1H3/b8-3+. The molecule has 2 heterocycles. The quantitative estimate of drug-likeness (QED) is 0.530. The Bertz CT molecular complexity index is 848. The van der Waals surface area contributed by atoms with Gasteiger partial charge in [0.15, 0.2) is 0 Å². The number of nitro groups is 1. The molecule has 0 spiro atoms. The summed E-state index contributed by atoms with van der Waals surface area (Å²) in [6, 6.07) is 5.98. The van der Waals surface area contributed by atoms with Crippen molar-refractivity contribution in [2.75, 3.05) is 0 Å². The third kappa shape index (κ3) is 3.31. The first-order chi connectivity index (χ1) is 11.2. The van der Waals surface area contributed by atoms with E-state index in [2.05, 4.69) is 15.2 Å². The zero-order valence-corrected chi connectivity index (χ0v) is 12.3. The first-order valence-corrected chi connectivity index (χ1v) is 6.95. The Hall–Kier alpha value is -3.29. The molecule has 0 aliphatic carbocycles. The monoisotopic (exact) mass is 311 g/mol. The van der Waals surface area contributed by atoms with Crippen molar-refractivity contribution in [1.29, 1.82) is 0 Å². The molecule has 0 amide bonds. The van der Waals surface area contributed by atoms with Crippen molar-refractivity contribution in [2.45, 2.75) is 13.5 Å². The van der Waals surface area contributed by atoms with Crippen LogP contribution in [0.2, 0.25) is 0 Å². The molecule has 0 fully saturated rings. The Morgan fingerprint density at radius 1 is 1.30 bits per heavy atom. The van der Waals surface area contributed by atoms with Crippen LogP contribution in [0.3, 0.4) is 0 Å². The minimum atomic E-state index is -0.454. The van der Waals surface area contributed by atoms with Crippen LogP contribution in [0.5, 0.6) is 0 Å². The Kier molecular flexibility index (Phi) is 3.96. The van der Waals surface area contributed by atoms with Gasteiger partial charge in [0, 0.05) is 42.1 Å². The van der Waals surface area contributed by atoms with Crippen LogP contribution in [0.1, 0.15) is 18.4 Å². The van der Waals surface area contributed by atoms with Crippen molar-refractivity contribution >= 4 is 17.8 Å². The van der Waals surface area contributed by atoms with Gasteiger partial charge in [-0.3, -0.25) is 14.8 Å². The Balaban J connectivity index is 1.76. The van der Waals surface area contributed by atoms with Gasteiger partial charge < -0.3 is 4.52 Å². The molecule has 0 saturated carbocycles. The summed E-state index contributed by atoms with van der Waals surface area (Å²) in [6.45, 7) is 2.81. The van der Waals surface area contributed by atoms with Crippen LogP contribution in [0, 0.1) is 10.1 Å². The lowest BCUT2D eigenvalue weighted by Crippen LogP contribution is -1.91. The van der Waals surface area contributed by atoms with Crippen molar-refractivity contribution in [1.82, 2.24) is 19.9 Å². The van der Waals surface area contributed by atoms with E-state index < -0.39 is 4.92 Å². The lowest BCUT2D eigenvalue weighted by Gasteiger charge is -1.93. The van der Waals surface area contributed by atoms with E-state index in [0.29, 0.717) is 17.3 Å². The van der Waals surface area contributed by atoms with Crippen LogP contribution >= 0.6 is 0 Å². The maximum Gasteiger partial charge on any atom is 0.269 e. The van der Waals surface area contributed by atoms with E-state index in [-0.39, 0.29) is 5.69 Å². The zero-order chi connectivity index (χ0) is 16.2. The summed E-state index contributed by atoms with van der Waals surface area (Å²) >= 11 is 0. The molecule has 1 aromatic carbocycles. The average Bonchev–Trinajstić information content (AvgIpc) is 3.22. The first-order valence-electron chi connectivity index (χ1n) is 6.95. The fourth-order valence-corrected chi connectivity index (χ4v) is 1.96. The molecule has 0 radical (unpaired) electrons. The minimum Gasteiger partial charge on any atom is -0.334 e. The summed E-state index contributed by atoms with van der Waals surface area (Å²) in [4.78, 5) is 14.4. The predicted octanol–water partition coefficient (Wildman–Crippen LogP) is 3.03. The predicted molar refractivity (Wildman–Crippen MR) is 83.2 cm³/mol. The van der Waals surface area contributed by atoms with E-state index in [4.69, 9.17) is 4.52 Å². The lowest BCUT2D eigenvalue weighted by atomic mass is 10.2. The highest BCUT2D eigenvalue weighted by Gasteiger charge is 2.09. The van der Waals surface area contributed by atoms with Gasteiger partial charge in [-0.05, 0) is 25.1 Å². The van der Waals surface area contributed by atoms with E-state index in [9.17, 15) is 10.1 Å². The summed E-state index contributed by atoms with van der Waals surface area (Å²) in [7, 11) is 0. The number of rotatable bonds is 5. The van der Waals surface area contributed by atoms with E-state index in [1.807, 2.05) is 23.9 Å². The molecular formula is C15H13N5O3. The van der Waals surface area contributed by atoms with Gasteiger partial charge in [0.2, 0.25) is 5.82 Å². The third-order valence-electron chi connectivity index (χ3n) is 3.17. The number of benzene rings is 1. The first kappa shape index (κ1) is 14.6. The molecule has 0 saturated heterocycles. The van der Waals surface area contributed by atoms with Gasteiger partial charge >= 0.3 is 0 Å². The topological polar surface area (TPSA) is 99.9 Å². The molecule has 0 aliphatic rings. The molecule has 0 aliphatic heterocycles. The molecular weight excluding hydrogens is 298 g/mol. The van der Waals surface area contributed by atoms with Gasteiger partial charge in [0.1, 0.15) is 0 Å². The number of aryl methyl sites for hydroxylation is 1. The van der Waals surface area contributed by atoms with Gasteiger partial charge in [0.05, 0.1) is 11.1 Å². The number of nitro benzene ring substituents is 1. The highest BCUT2D eigenvalue weighted by Crippen LogP contribution is 2.20. The van der Waals surface area contributed by atoms with Crippen LogP contribution in [-0.2, 0) is 6.54 Å². The Labute approximate surface area is 131 Å².